The van der Waals surface area contributed by atoms with Gasteiger partial charge < -0.3 is 5.32 Å². The maximum atomic E-state index is 12.7. The molecule has 6 heteroatoms. The van der Waals surface area contributed by atoms with E-state index in [2.05, 4.69) is 5.32 Å². The molecule has 0 fully saturated rings. The fourth-order valence-corrected chi connectivity index (χ4v) is 2.44. The number of carbonyl (C=O) groups is 2. The fraction of sp³-hybridized carbons (Fsp3) is 0.300. The van der Waals surface area contributed by atoms with Gasteiger partial charge in [0.05, 0.1) is 5.56 Å². The molecule has 0 aromatic heterocycles. The molecule has 2 aromatic rings. The van der Waals surface area contributed by atoms with E-state index in [1.807, 2.05) is 19.1 Å². The van der Waals surface area contributed by atoms with Crippen LogP contribution in [0.5, 0.6) is 0 Å². The van der Waals surface area contributed by atoms with Crippen molar-refractivity contribution >= 4 is 11.7 Å². The standard InChI is InChI=1S/C20H20F3NO2/c1-2-14-6-8-16(9-7-14)18(25)10-11-19(26)24-13-15-4-3-5-17(12-15)20(21,22)23/h3-9,12H,2,10-11,13H2,1H3,(H,24,26). The van der Waals surface area contributed by atoms with Gasteiger partial charge in [0, 0.05) is 24.9 Å². The van der Waals surface area contributed by atoms with Crippen molar-refractivity contribution in [3.8, 4) is 0 Å². The molecule has 138 valence electrons. The van der Waals surface area contributed by atoms with Crippen molar-refractivity contribution in [1.29, 1.82) is 0 Å². The summed E-state index contributed by atoms with van der Waals surface area (Å²) in [6, 6.07) is 12.0. The summed E-state index contributed by atoms with van der Waals surface area (Å²) < 4.78 is 38.0. The zero-order valence-corrected chi connectivity index (χ0v) is 14.4. The quantitative estimate of drug-likeness (QED) is 0.734. The Kier molecular flexibility index (Phi) is 6.55. The number of halogens is 3. The van der Waals surface area contributed by atoms with Crippen LogP contribution in [0.4, 0.5) is 13.2 Å². The molecule has 0 unspecified atom stereocenters. The van der Waals surface area contributed by atoms with Gasteiger partial charge in [0.1, 0.15) is 0 Å². The Morgan fingerprint density at radius 3 is 2.27 bits per heavy atom. The topological polar surface area (TPSA) is 46.2 Å². The molecular weight excluding hydrogens is 343 g/mol. The smallest absolute Gasteiger partial charge is 0.352 e. The summed E-state index contributed by atoms with van der Waals surface area (Å²) in [4.78, 5) is 23.9. The second-order valence-corrected chi connectivity index (χ2v) is 5.95. The minimum Gasteiger partial charge on any atom is -0.352 e. The number of hydrogen-bond donors (Lipinski definition) is 1. The lowest BCUT2D eigenvalue weighted by atomic mass is 10.0. The van der Waals surface area contributed by atoms with Crippen molar-refractivity contribution in [2.45, 2.75) is 38.9 Å². The first kappa shape index (κ1) is 19.7. The zero-order valence-electron chi connectivity index (χ0n) is 14.4. The predicted molar refractivity (Wildman–Crippen MR) is 92.7 cm³/mol. The number of alkyl halides is 3. The molecule has 0 radical (unpaired) electrons. The van der Waals surface area contributed by atoms with Crippen LogP contribution in [0.1, 0.15) is 46.8 Å². The van der Waals surface area contributed by atoms with Crippen molar-refractivity contribution in [2.24, 2.45) is 0 Å². The van der Waals surface area contributed by atoms with E-state index in [-0.39, 0.29) is 31.1 Å². The summed E-state index contributed by atoms with van der Waals surface area (Å²) in [5, 5.41) is 2.54. The molecule has 1 N–H and O–H groups in total. The van der Waals surface area contributed by atoms with Crippen molar-refractivity contribution in [2.75, 3.05) is 0 Å². The van der Waals surface area contributed by atoms with Gasteiger partial charge in [0.25, 0.3) is 0 Å². The number of carbonyl (C=O) groups excluding carboxylic acids is 2. The minimum atomic E-state index is -4.42. The molecule has 1 amide bonds. The second kappa shape index (κ2) is 8.65. The third-order valence-electron chi connectivity index (χ3n) is 4.01. The van der Waals surface area contributed by atoms with Crippen LogP contribution >= 0.6 is 0 Å². The highest BCUT2D eigenvalue weighted by atomic mass is 19.4. The average Bonchev–Trinajstić information content (AvgIpc) is 2.64. The van der Waals surface area contributed by atoms with Crippen LogP contribution in [-0.4, -0.2) is 11.7 Å². The predicted octanol–water partition coefficient (Wildman–Crippen LogP) is 4.55. The van der Waals surface area contributed by atoms with Crippen molar-refractivity contribution in [3.05, 3.63) is 70.8 Å². The first-order chi connectivity index (χ1) is 12.3. The average molecular weight is 363 g/mol. The van der Waals surface area contributed by atoms with Gasteiger partial charge in [-0.2, -0.15) is 13.2 Å². The summed E-state index contributed by atoms with van der Waals surface area (Å²) in [5.74, 6) is -0.511. The summed E-state index contributed by atoms with van der Waals surface area (Å²) in [5.41, 5.74) is 1.28. The zero-order chi connectivity index (χ0) is 19.2. The lowest BCUT2D eigenvalue weighted by Gasteiger charge is -2.09. The van der Waals surface area contributed by atoms with Crippen LogP contribution in [0.15, 0.2) is 48.5 Å². The summed E-state index contributed by atoms with van der Waals surface area (Å²) >= 11 is 0. The number of aryl methyl sites for hydroxylation is 1. The van der Waals surface area contributed by atoms with Gasteiger partial charge in [0.15, 0.2) is 5.78 Å². The molecule has 2 rings (SSSR count). The molecule has 3 nitrogen and oxygen atoms in total. The van der Waals surface area contributed by atoms with E-state index in [0.29, 0.717) is 11.1 Å². The molecule has 0 saturated carbocycles. The van der Waals surface area contributed by atoms with E-state index in [9.17, 15) is 22.8 Å². The molecule has 2 aromatic carbocycles. The molecule has 0 aliphatic carbocycles. The first-order valence-electron chi connectivity index (χ1n) is 8.34. The molecule has 0 heterocycles. The Morgan fingerprint density at radius 1 is 0.962 bits per heavy atom. The highest BCUT2D eigenvalue weighted by molar-refractivity contribution is 5.97. The maximum absolute atomic E-state index is 12.7. The molecule has 0 saturated heterocycles. The SMILES string of the molecule is CCc1ccc(C(=O)CCC(=O)NCc2cccc(C(F)(F)F)c2)cc1. The number of Topliss-reactive ketones (excluding diaryl/α,β-unsaturated/α-hetero) is 1. The normalized spacial score (nSPS) is 11.2. The van der Waals surface area contributed by atoms with Gasteiger partial charge in [0.2, 0.25) is 5.91 Å². The van der Waals surface area contributed by atoms with E-state index < -0.39 is 11.7 Å². The summed E-state index contributed by atoms with van der Waals surface area (Å²) in [7, 11) is 0. The molecule has 0 spiro atoms. The molecule has 0 atom stereocenters. The van der Waals surface area contributed by atoms with Gasteiger partial charge in [-0.05, 0) is 29.7 Å². The number of amides is 1. The Balaban J connectivity index is 1.82. The van der Waals surface area contributed by atoms with Gasteiger partial charge in [-0.1, -0.05) is 43.3 Å². The third kappa shape index (κ3) is 5.72. The van der Waals surface area contributed by atoms with Gasteiger partial charge in [-0.3, -0.25) is 9.59 Å². The lowest BCUT2D eigenvalue weighted by Crippen LogP contribution is -2.23. The van der Waals surface area contributed by atoms with Crippen LogP contribution < -0.4 is 5.32 Å². The van der Waals surface area contributed by atoms with Crippen LogP contribution in [-0.2, 0) is 23.9 Å². The highest BCUT2D eigenvalue weighted by Gasteiger charge is 2.30. The van der Waals surface area contributed by atoms with E-state index in [0.717, 1.165) is 24.1 Å². The van der Waals surface area contributed by atoms with Crippen LogP contribution in [0.2, 0.25) is 0 Å². The number of hydrogen-bond acceptors (Lipinski definition) is 2. The van der Waals surface area contributed by atoms with Gasteiger partial charge in [-0.25, -0.2) is 0 Å². The third-order valence-corrected chi connectivity index (χ3v) is 4.01. The molecular formula is C20H20F3NO2. The summed E-state index contributed by atoms with van der Waals surface area (Å²) in [6.45, 7) is 2.01. The van der Waals surface area contributed by atoms with Gasteiger partial charge in [-0.15, -0.1) is 0 Å². The maximum Gasteiger partial charge on any atom is 0.416 e. The molecule has 0 aliphatic rings. The van der Waals surface area contributed by atoms with Crippen LogP contribution in [0, 0.1) is 0 Å². The minimum absolute atomic E-state index is 0.00662. The first-order valence-corrected chi connectivity index (χ1v) is 8.34. The Hall–Kier alpha value is -2.63. The lowest BCUT2D eigenvalue weighted by molar-refractivity contribution is -0.137. The van der Waals surface area contributed by atoms with Crippen molar-refractivity contribution in [3.63, 3.8) is 0 Å². The van der Waals surface area contributed by atoms with Crippen molar-refractivity contribution in [1.82, 2.24) is 5.32 Å². The number of ketones is 1. The fourth-order valence-electron chi connectivity index (χ4n) is 2.44. The Morgan fingerprint density at radius 2 is 1.65 bits per heavy atom. The highest BCUT2D eigenvalue weighted by Crippen LogP contribution is 2.29. The van der Waals surface area contributed by atoms with Crippen LogP contribution in [0.3, 0.4) is 0 Å². The van der Waals surface area contributed by atoms with Gasteiger partial charge >= 0.3 is 6.18 Å². The second-order valence-electron chi connectivity index (χ2n) is 5.95. The summed E-state index contributed by atoms with van der Waals surface area (Å²) in [6.07, 6.45) is -3.49. The molecule has 0 aliphatic heterocycles. The van der Waals surface area contributed by atoms with E-state index in [1.165, 1.54) is 12.1 Å². The Labute approximate surface area is 150 Å². The van der Waals surface area contributed by atoms with E-state index >= 15 is 0 Å². The Bertz CT molecular complexity index is 767. The molecule has 0 bridgehead atoms. The largest absolute Gasteiger partial charge is 0.416 e. The number of nitrogens with one attached hydrogen (secondary N) is 1. The molecule has 26 heavy (non-hydrogen) atoms. The monoisotopic (exact) mass is 363 g/mol. The van der Waals surface area contributed by atoms with E-state index in [1.54, 1.807) is 12.1 Å². The van der Waals surface area contributed by atoms with Crippen LogP contribution in [0.25, 0.3) is 0 Å². The number of benzene rings is 2. The van der Waals surface area contributed by atoms with E-state index in [4.69, 9.17) is 0 Å². The van der Waals surface area contributed by atoms with Crippen molar-refractivity contribution < 1.29 is 22.8 Å². The number of rotatable bonds is 7.